The molecule has 2 N–H and O–H groups in total. The van der Waals surface area contributed by atoms with Crippen molar-refractivity contribution in [2.45, 2.75) is 39.8 Å². The monoisotopic (exact) mass is 536 g/mol. The maximum Gasteiger partial charge on any atom is 0.229 e. The van der Waals surface area contributed by atoms with Crippen molar-refractivity contribution < 1.29 is 13.9 Å². The molecule has 5 rings (SSSR count). The van der Waals surface area contributed by atoms with Gasteiger partial charge in [-0.1, -0.05) is 13.0 Å². The van der Waals surface area contributed by atoms with E-state index < -0.39 is 11.6 Å². The second-order valence-corrected chi connectivity index (χ2v) is 10.1. The molecule has 11 heteroatoms. The number of hydrogen-bond donors (Lipinski definition) is 2. The van der Waals surface area contributed by atoms with E-state index in [0.717, 1.165) is 44.5 Å². The van der Waals surface area contributed by atoms with Crippen molar-refractivity contribution >= 4 is 22.8 Å². The average molecular weight is 537 g/mol. The molecule has 206 valence electrons. The predicted molar refractivity (Wildman–Crippen MR) is 147 cm³/mol. The molecule has 1 aliphatic rings. The van der Waals surface area contributed by atoms with Gasteiger partial charge < -0.3 is 19.9 Å². The zero-order valence-electron chi connectivity index (χ0n) is 22.7. The first-order valence-electron chi connectivity index (χ1n) is 13.3. The van der Waals surface area contributed by atoms with Gasteiger partial charge in [-0.05, 0) is 51.1 Å². The zero-order valence-corrected chi connectivity index (χ0v) is 22.7. The third-order valence-corrected chi connectivity index (χ3v) is 7.34. The lowest BCUT2D eigenvalue weighted by molar-refractivity contribution is 0.0671. The highest BCUT2D eigenvalue weighted by molar-refractivity contribution is 5.83. The second-order valence-electron chi connectivity index (χ2n) is 10.1. The Kier molecular flexibility index (Phi) is 7.83. The van der Waals surface area contributed by atoms with E-state index in [1.54, 1.807) is 18.3 Å². The Morgan fingerprint density at radius 1 is 1.00 bits per heavy atom. The number of nitrogens with zero attached hydrogens (tertiary/aromatic N) is 7. The molecule has 39 heavy (non-hydrogen) atoms. The fraction of sp³-hybridized carbons (Fsp3) is 0.429. The quantitative estimate of drug-likeness (QED) is 0.341. The van der Waals surface area contributed by atoms with E-state index >= 15 is 0 Å². The van der Waals surface area contributed by atoms with Crippen LogP contribution in [0, 0.1) is 18.6 Å². The molecule has 0 saturated carbocycles. The minimum Gasteiger partial charge on any atom is -0.394 e. The number of hydrogen-bond acceptors (Lipinski definition) is 8. The first kappa shape index (κ1) is 27.0. The minimum atomic E-state index is -0.663. The standard InChI is InChI=1S/C28H34F2N8O/c1-5-36-8-10-37(11-9-36)24(16-39)19-6-7-25(31-14-19)34-28-32-15-22(30)26(35-28)20-12-21(29)27-23(13-20)38(17(2)3)18(4)33-27/h6-7,12-15,17,24,39H,5,8-11,16H2,1-4H3,(H,31,32,34,35). The smallest absolute Gasteiger partial charge is 0.229 e. The first-order chi connectivity index (χ1) is 18.8. The molecule has 1 unspecified atom stereocenters. The van der Waals surface area contributed by atoms with Crippen LogP contribution in [0.5, 0.6) is 0 Å². The number of benzene rings is 1. The number of piperazine rings is 1. The van der Waals surface area contributed by atoms with Gasteiger partial charge in [-0.15, -0.1) is 0 Å². The van der Waals surface area contributed by atoms with Gasteiger partial charge in [-0.25, -0.2) is 28.7 Å². The molecule has 0 spiro atoms. The highest BCUT2D eigenvalue weighted by atomic mass is 19.1. The normalized spacial score (nSPS) is 15.8. The number of halogens is 2. The Bertz CT molecular complexity index is 1450. The van der Waals surface area contributed by atoms with Crippen LogP contribution >= 0.6 is 0 Å². The van der Waals surface area contributed by atoms with Crippen LogP contribution in [0.25, 0.3) is 22.3 Å². The van der Waals surface area contributed by atoms with Crippen molar-refractivity contribution in [3.63, 3.8) is 0 Å². The lowest BCUT2D eigenvalue weighted by Gasteiger charge is -2.38. The number of rotatable bonds is 8. The number of aryl methyl sites for hydroxylation is 1. The third kappa shape index (κ3) is 5.47. The van der Waals surface area contributed by atoms with Gasteiger partial charge >= 0.3 is 0 Å². The van der Waals surface area contributed by atoms with E-state index in [1.165, 1.54) is 6.07 Å². The Hall–Kier alpha value is -3.54. The van der Waals surface area contributed by atoms with E-state index in [4.69, 9.17) is 0 Å². The van der Waals surface area contributed by atoms with E-state index in [-0.39, 0.29) is 35.8 Å². The van der Waals surface area contributed by atoms with Crippen molar-refractivity contribution in [3.8, 4) is 11.3 Å². The molecule has 1 atom stereocenters. The molecular formula is C28H34F2N8O. The molecule has 4 aromatic rings. The SMILES string of the molecule is CCN1CCN(C(CO)c2ccc(Nc3ncc(F)c(-c4cc(F)c5nc(C)n(C(C)C)c5c4)n3)nc2)CC1. The summed E-state index contributed by atoms with van der Waals surface area (Å²) in [4.78, 5) is 21.9. The highest BCUT2D eigenvalue weighted by Gasteiger charge is 2.24. The number of likely N-dealkylation sites (N-methyl/N-ethyl adjacent to an activating group) is 1. The third-order valence-electron chi connectivity index (χ3n) is 7.34. The molecular weight excluding hydrogens is 502 g/mol. The lowest BCUT2D eigenvalue weighted by atomic mass is 10.1. The lowest BCUT2D eigenvalue weighted by Crippen LogP contribution is -2.48. The summed E-state index contributed by atoms with van der Waals surface area (Å²) in [5, 5.41) is 13.1. The highest BCUT2D eigenvalue weighted by Crippen LogP contribution is 2.30. The summed E-state index contributed by atoms with van der Waals surface area (Å²) >= 11 is 0. The molecule has 4 heterocycles. The molecule has 0 amide bonds. The first-order valence-corrected chi connectivity index (χ1v) is 13.3. The summed E-state index contributed by atoms with van der Waals surface area (Å²) in [6.45, 7) is 12.7. The Balaban J connectivity index is 1.38. The molecule has 3 aromatic heterocycles. The van der Waals surface area contributed by atoms with Crippen LogP contribution in [0.2, 0.25) is 0 Å². The van der Waals surface area contributed by atoms with E-state index in [9.17, 15) is 13.9 Å². The van der Waals surface area contributed by atoms with Gasteiger partial charge in [0.15, 0.2) is 11.6 Å². The van der Waals surface area contributed by atoms with E-state index in [2.05, 4.69) is 42.0 Å². The van der Waals surface area contributed by atoms with Crippen molar-refractivity contribution in [2.24, 2.45) is 0 Å². The van der Waals surface area contributed by atoms with Gasteiger partial charge in [0.25, 0.3) is 0 Å². The summed E-state index contributed by atoms with van der Waals surface area (Å²) in [5.74, 6) is 0.0880. The Morgan fingerprint density at radius 3 is 2.41 bits per heavy atom. The summed E-state index contributed by atoms with van der Waals surface area (Å²) in [6.07, 6.45) is 2.78. The van der Waals surface area contributed by atoms with Gasteiger partial charge in [0.1, 0.15) is 22.9 Å². The average Bonchev–Trinajstić information content (AvgIpc) is 3.28. The van der Waals surface area contributed by atoms with Crippen LogP contribution in [-0.4, -0.2) is 78.7 Å². The largest absolute Gasteiger partial charge is 0.394 e. The molecule has 0 aliphatic carbocycles. The van der Waals surface area contributed by atoms with Crippen molar-refractivity contribution in [3.05, 3.63) is 59.7 Å². The fourth-order valence-electron chi connectivity index (χ4n) is 5.30. The van der Waals surface area contributed by atoms with Crippen molar-refractivity contribution in [1.29, 1.82) is 0 Å². The van der Waals surface area contributed by atoms with Gasteiger partial charge in [0.2, 0.25) is 5.95 Å². The number of aliphatic hydroxyl groups is 1. The maximum absolute atomic E-state index is 15.0. The van der Waals surface area contributed by atoms with Crippen LogP contribution < -0.4 is 5.32 Å². The second kappa shape index (κ2) is 11.3. The number of nitrogens with one attached hydrogen (secondary N) is 1. The summed E-state index contributed by atoms with van der Waals surface area (Å²) in [7, 11) is 0. The number of aliphatic hydroxyl groups excluding tert-OH is 1. The van der Waals surface area contributed by atoms with Gasteiger partial charge in [-0.2, -0.15) is 0 Å². The minimum absolute atomic E-state index is 0.00114. The van der Waals surface area contributed by atoms with Gasteiger partial charge in [0, 0.05) is 44.0 Å². The zero-order chi connectivity index (χ0) is 27.7. The van der Waals surface area contributed by atoms with Gasteiger partial charge in [-0.3, -0.25) is 4.90 Å². The number of anilines is 2. The number of pyridine rings is 1. The molecule has 1 aliphatic heterocycles. The van der Waals surface area contributed by atoms with Crippen LogP contribution in [-0.2, 0) is 0 Å². The van der Waals surface area contributed by atoms with E-state index in [1.807, 2.05) is 31.4 Å². The number of imidazole rings is 1. The van der Waals surface area contributed by atoms with Gasteiger partial charge in [0.05, 0.1) is 24.4 Å². The topological polar surface area (TPSA) is 95.2 Å². The molecule has 1 fully saturated rings. The van der Waals surface area contributed by atoms with Crippen LogP contribution in [0.4, 0.5) is 20.5 Å². The fourth-order valence-corrected chi connectivity index (χ4v) is 5.30. The predicted octanol–water partition coefficient (Wildman–Crippen LogP) is 4.47. The summed E-state index contributed by atoms with van der Waals surface area (Å²) in [6, 6.07) is 6.56. The summed E-state index contributed by atoms with van der Waals surface area (Å²) < 4.78 is 31.7. The van der Waals surface area contributed by atoms with Crippen LogP contribution in [0.15, 0.2) is 36.7 Å². The molecule has 0 bridgehead atoms. The number of aromatic nitrogens is 5. The summed E-state index contributed by atoms with van der Waals surface area (Å²) in [5.41, 5.74) is 2.01. The van der Waals surface area contributed by atoms with Crippen molar-refractivity contribution in [2.75, 3.05) is 44.6 Å². The van der Waals surface area contributed by atoms with E-state index in [0.29, 0.717) is 22.7 Å². The molecule has 1 aromatic carbocycles. The Morgan fingerprint density at radius 2 is 1.77 bits per heavy atom. The Labute approximate surface area is 226 Å². The molecule has 9 nitrogen and oxygen atoms in total. The molecule has 0 radical (unpaired) electrons. The van der Waals surface area contributed by atoms with Crippen LogP contribution in [0.1, 0.15) is 44.2 Å². The van der Waals surface area contributed by atoms with Crippen molar-refractivity contribution in [1.82, 2.24) is 34.3 Å². The van der Waals surface area contributed by atoms with Crippen LogP contribution in [0.3, 0.4) is 0 Å². The molecule has 1 saturated heterocycles. The number of fused-ring (bicyclic) bond motifs is 1. The maximum atomic E-state index is 15.0.